The van der Waals surface area contributed by atoms with Crippen LogP contribution in [0, 0.1) is 11.3 Å². The van der Waals surface area contributed by atoms with E-state index in [0.29, 0.717) is 5.92 Å². The van der Waals surface area contributed by atoms with Crippen LogP contribution in [0.25, 0.3) is 42.0 Å². The number of benzene rings is 1. The van der Waals surface area contributed by atoms with Gasteiger partial charge in [-0.1, -0.05) is 111 Å². The van der Waals surface area contributed by atoms with Gasteiger partial charge < -0.3 is 9.80 Å². The van der Waals surface area contributed by atoms with E-state index in [4.69, 9.17) is 34.4 Å². The highest BCUT2D eigenvalue weighted by atomic mass is 32.1. The van der Waals surface area contributed by atoms with Crippen LogP contribution in [0.15, 0.2) is 73.1 Å². The van der Waals surface area contributed by atoms with E-state index < -0.39 is 0 Å². The number of unbranched alkanes of at least 4 members (excludes halogenated alkanes) is 3. The Bertz CT molecular complexity index is 2380. The number of pyridine rings is 2. The summed E-state index contributed by atoms with van der Waals surface area (Å²) >= 11 is 15.8. The first kappa shape index (κ1) is 40.6. The molecule has 2 aliphatic rings. The maximum Gasteiger partial charge on any atom is 0.114 e. The van der Waals surface area contributed by atoms with Gasteiger partial charge in [0.05, 0.1) is 11.4 Å². The van der Waals surface area contributed by atoms with E-state index in [9.17, 15) is 0 Å². The minimum atomic E-state index is -0.0144. The number of aromatic nitrogens is 2. The minimum Gasteiger partial charge on any atom is -0.338 e. The van der Waals surface area contributed by atoms with Crippen molar-refractivity contribution in [3.8, 4) is 30.6 Å². The Morgan fingerprint density at radius 1 is 0.661 bits per heavy atom. The van der Waals surface area contributed by atoms with Crippen molar-refractivity contribution >= 4 is 68.5 Å². The van der Waals surface area contributed by atoms with Crippen LogP contribution in [0.2, 0.25) is 0 Å². The van der Waals surface area contributed by atoms with Crippen LogP contribution in [-0.2, 0) is 5.41 Å². The maximum atomic E-state index is 6.09. The Hall–Kier alpha value is -3.56. The molecule has 1 unspecified atom stereocenters. The van der Waals surface area contributed by atoms with E-state index in [0.717, 1.165) is 49.7 Å². The van der Waals surface area contributed by atoms with E-state index in [1.165, 1.54) is 86.6 Å². The van der Waals surface area contributed by atoms with Crippen molar-refractivity contribution in [2.45, 2.75) is 105 Å². The molecule has 2 aliphatic heterocycles. The van der Waals surface area contributed by atoms with E-state index in [2.05, 4.69) is 139 Å². The van der Waals surface area contributed by atoms with Crippen molar-refractivity contribution in [1.82, 2.24) is 19.8 Å². The van der Waals surface area contributed by atoms with Gasteiger partial charge in [0.2, 0.25) is 0 Å². The lowest BCUT2D eigenvalue weighted by Crippen LogP contribution is -2.29. The molecule has 0 saturated heterocycles. The van der Waals surface area contributed by atoms with Crippen molar-refractivity contribution in [1.29, 1.82) is 0 Å². The average molecular weight is 817 g/mol. The number of hydrogen-bond acceptors (Lipinski definition) is 6. The summed E-state index contributed by atoms with van der Waals surface area (Å²) in [6.45, 7) is 16.3. The largest absolute Gasteiger partial charge is 0.338 e. The van der Waals surface area contributed by atoms with Crippen molar-refractivity contribution in [2.24, 2.45) is 11.3 Å². The zero-order chi connectivity index (χ0) is 39.9. The minimum absolute atomic E-state index is 0.0144. The van der Waals surface area contributed by atoms with Crippen molar-refractivity contribution in [3.05, 3.63) is 106 Å². The lowest BCUT2D eigenvalue weighted by molar-refractivity contribution is 0.352. The molecule has 4 nitrogen and oxygen atoms in total. The summed E-state index contributed by atoms with van der Waals surface area (Å²) < 4.78 is 0. The van der Waals surface area contributed by atoms with Crippen LogP contribution in [-0.4, -0.2) is 43.8 Å². The van der Waals surface area contributed by atoms with E-state index in [1.54, 1.807) is 0 Å². The van der Waals surface area contributed by atoms with Crippen LogP contribution in [0.3, 0.4) is 0 Å². The Morgan fingerprint density at radius 2 is 1.25 bits per heavy atom. The molecular formula is C48H56N4S4. The molecule has 6 heterocycles. The van der Waals surface area contributed by atoms with Gasteiger partial charge in [0, 0.05) is 101 Å². The van der Waals surface area contributed by atoms with Gasteiger partial charge in [-0.15, -0.1) is 22.7 Å². The number of thiophene rings is 2. The molecule has 0 N–H and O–H groups in total. The zero-order valence-electron chi connectivity index (χ0n) is 34.6. The predicted octanol–water partition coefficient (Wildman–Crippen LogP) is 12.2. The van der Waals surface area contributed by atoms with E-state index in [-0.39, 0.29) is 10.8 Å². The molecule has 1 atom stereocenters. The van der Waals surface area contributed by atoms with Gasteiger partial charge in [-0.3, -0.25) is 9.97 Å². The number of thiocarbonyl (C=S) groups is 2. The molecular weight excluding hydrogens is 761 g/mol. The zero-order valence-corrected chi connectivity index (χ0v) is 37.9. The maximum absolute atomic E-state index is 6.09. The Balaban J connectivity index is 1.12. The fourth-order valence-electron chi connectivity index (χ4n) is 8.32. The van der Waals surface area contributed by atoms with Crippen LogP contribution in [0.5, 0.6) is 0 Å². The smallest absolute Gasteiger partial charge is 0.114 e. The molecule has 0 aliphatic carbocycles. The summed E-state index contributed by atoms with van der Waals surface area (Å²) in [5.74, 6) is 0.705. The van der Waals surface area contributed by atoms with Gasteiger partial charge in [-0.25, -0.2) is 0 Å². The van der Waals surface area contributed by atoms with Gasteiger partial charge in [0.25, 0.3) is 0 Å². The molecule has 0 bridgehead atoms. The summed E-state index contributed by atoms with van der Waals surface area (Å²) in [4.78, 5) is 21.0. The van der Waals surface area contributed by atoms with Crippen molar-refractivity contribution < 1.29 is 0 Å². The standard InChI is InChI=1S/C48H56N4S4/c1-10-12-13-14-24-47(4,5)42-22-16-32(29-50-42)39-19-21-41(56-39)40-20-18-38(55-40)31-15-17-37(49-28-31)43-33-26-36-34(27-35(33)45(53)51(43)8)44(52(9)46(36)54)48(6,7)25-23-30(3)11-2/h15-22,26-30H,10-14,23-25H2,1-9H3. The van der Waals surface area contributed by atoms with Crippen LogP contribution in [0.1, 0.15) is 122 Å². The van der Waals surface area contributed by atoms with Crippen LogP contribution in [0.4, 0.5) is 0 Å². The SMILES string of the molecule is CCCCCCC(C)(C)c1ccc(-c2ccc(-c3ccc(-c4ccc(C5=c6cc7c(cc6C(=S)N5C)=C(C(C)(C)CCC(C)CC)N(C)C7=S)nc4)s3)s2)cn1. The van der Waals surface area contributed by atoms with Gasteiger partial charge in [0.1, 0.15) is 9.98 Å². The summed E-state index contributed by atoms with van der Waals surface area (Å²) in [5, 5.41) is 2.33. The number of nitrogens with zero attached hydrogens (tertiary/aromatic N) is 4. The fourth-order valence-corrected chi connectivity index (χ4v) is 10.9. The van der Waals surface area contributed by atoms with Gasteiger partial charge in [0.15, 0.2) is 0 Å². The van der Waals surface area contributed by atoms with Gasteiger partial charge in [-0.05, 0) is 79.8 Å². The molecule has 0 spiro atoms. The molecule has 292 valence electrons. The lowest BCUT2D eigenvalue weighted by atomic mass is 9.80. The topological polar surface area (TPSA) is 32.3 Å². The second kappa shape index (κ2) is 16.4. The second-order valence-electron chi connectivity index (χ2n) is 17.2. The Kier molecular flexibility index (Phi) is 11.9. The highest BCUT2D eigenvalue weighted by Gasteiger charge is 2.36. The molecule has 4 aromatic heterocycles. The number of fused-ring (bicyclic) bond motifs is 2. The van der Waals surface area contributed by atoms with Crippen molar-refractivity contribution in [3.63, 3.8) is 0 Å². The summed E-state index contributed by atoms with van der Waals surface area (Å²) in [6, 6.07) is 22.3. The molecule has 0 radical (unpaired) electrons. The number of hydrogen-bond donors (Lipinski definition) is 0. The molecule has 0 amide bonds. The number of rotatable bonds is 15. The summed E-state index contributed by atoms with van der Waals surface area (Å²) in [5.41, 5.74) is 9.00. The predicted molar refractivity (Wildman–Crippen MR) is 249 cm³/mol. The Morgan fingerprint density at radius 3 is 1.84 bits per heavy atom. The molecule has 56 heavy (non-hydrogen) atoms. The molecule has 0 fully saturated rings. The third-order valence-corrected chi connectivity index (χ3v) is 15.6. The van der Waals surface area contributed by atoms with Gasteiger partial charge >= 0.3 is 0 Å². The first-order valence-corrected chi connectivity index (χ1v) is 22.8. The second-order valence-corrected chi connectivity index (χ2v) is 20.1. The van der Waals surface area contributed by atoms with E-state index in [1.807, 2.05) is 28.9 Å². The molecule has 7 rings (SSSR count). The third-order valence-electron chi connectivity index (χ3n) is 12.2. The molecule has 5 aromatic rings. The normalized spacial score (nSPS) is 14.9. The highest BCUT2D eigenvalue weighted by molar-refractivity contribution is 7.81. The van der Waals surface area contributed by atoms with E-state index >= 15 is 0 Å². The third kappa shape index (κ3) is 7.84. The molecule has 1 aromatic carbocycles. The quantitative estimate of drug-likeness (QED) is 0.0773. The van der Waals surface area contributed by atoms with Gasteiger partial charge in [-0.2, -0.15) is 0 Å². The van der Waals surface area contributed by atoms with Crippen LogP contribution >= 0.6 is 47.1 Å². The summed E-state index contributed by atoms with van der Waals surface area (Å²) in [7, 11) is 4.19. The molecule has 8 heteroatoms. The monoisotopic (exact) mass is 816 g/mol. The van der Waals surface area contributed by atoms with Crippen molar-refractivity contribution in [2.75, 3.05) is 14.1 Å². The average Bonchev–Trinajstić information content (AvgIpc) is 3.98. The molecule has 0 saturated carbocycles. The van der Waals surface area contributed by atoms with Crippen LogP contribution < -0.4 is 10.4 Å². The Labute approximate surface area is 353 Å². The first-order valence-electron chi connectivity index (χ1n) is 20.4. The summed E-state index contributed by atoms with van der Waals surface area (Å²) in [6.07, 6.45) is 13.9. The highest BCUT2D eigenvalue weighted by Crippen LogP contribution is 2.42. The lowest BCUT2D eigenvalue weighted by Gasteiger charge is -2.33. The first-order chi connectivity index (χ1) is 26.7. The fraction of sp³-hybridized carbons (Fsp3) is 0.417.